The molecule has 0 radical (unpaired) electrons. The van der Waals surface area contributed by atoms with Crippen LogP contribution in [-0.4, -0.2) is 14.9 Å². The van der Waals surface area contributed by atoms with E-state index in [2.05, 4.69) is 5.11 Å². The van der Waals surface area contributed by atoms with Crippen LogP contribution in [0.1, 0.15) is 0 Å². The van der Waals surface area contributed by atoms with Gasteiger partial charge in [0.15, 0.2) is 0 Å². The zero-order chi connectivity index (χ0) is 10.3. The van der Waals surface area contributed by atoms with Crippen LogP contribution in [0.25, 0.3) is 10.8 Å². The Morgan fingerprint density at radius 2 is 2.00 bits per heavy atom. The summed E-state index contributed by atoms with van der Waals surface area (Å²) >= 11 is 0. The van der Waals surface area contributed by atoms with Gasteiger partial charge in [0.2, 0.25) is 11.8 Å². The third-order valence-electron chi connectivity index (χ3n) is 2.08. The molecule has 0 aliphatic rings. The Labute approximate surface area is 78.7 Å². The van der Waals surface area contributed by atoms with E-state index < -0.39 is 0 Å². The first-order valence-corrected chi connectivity index (χ1v) is 3.84. The van der Waals surface area contributed by atoms with Gasteiger partial charge in [-0.2, -0.15) is 9.79 Å². The number of aromatic nitrogens is 1. The number of benzene rings is 1. The molecule has 5 N–H and O–H groups in total. The molecular weight excluding hydrogens is 184 g/mol. The van der Waals surface area contributed by atoms with Crippen molar-refractivity contribution in [3.8, 4) is 11.8 Å². The maximum Gasteiger partial charge on any atom is 0.223 e. The molecule has 0 saturated carbocycles. The van der Waals surface area contributed by atoms with Crippen molar-refractivity contribution in [2.75, 3.05) is 5.84 Å². The number of rotatable bonds is 1. The number of fused-ring (bicyclic) bond motifs is 1. The summed E-state index contributed by atoms with van der Waals surface area (Å²) < 4.78 is 0.749. The van der Waals surface area contributed by atoms with Gasteiger partial charge >= 0.3 is 0 Å². The molecule has 6 nitrogen and oxygen atoms in total. The topological polar surface area (TPSA) is 108 Å². The number of hydrogen-bond acceptors (Lipinski definition) is 5. The monoisotopic (exact) mass is 192 g/mol. The molecule has 0 saturated heterocycles. The SMILES string of the molecule is N=Nc1cccc2c(O)n(N)c(O)c12. The molecule has 1 heterocycles. The van der Waals surface area contributed by atoms with Crippen molar-refractivity contribution < 1.29 is 10.2 Å². The van der Waals surface area contributed by atoms with Gasteiger partial charge in [-0.25, -0.2) is 5.53 Å². The van der Waals surface area contributed by atoms with E-state index in [4.69, 9.17) is 11.4 Å². The van der Waals surface area contributed by atoms with Gasteiger partial charge in [0, 0.05) is 0 Å². The average molecular weight is 192 g/mol. The molecular formula is C8H8N4O2. The Balaban J connectivity index is 3.01. The van der Waals surface area contributed by atoms with Crippen molar-refractivity contribution in [1.82, 2.24) is 4.68 Å². The molecule has 0 aliphatic heterocycles. The second-order valence-electron chi connectivity index (χ2n) is 2.83. The number of hydrogen-bond donors (Lipinski definition) is 4. The summed E-state index contributed by atoms with van der Waals surface area (Å²) in [6.45, 7) is 0. The van der Waals surface area contributed by atoms with Crippen molar-refractivity contribution in [3.05, 3.63) is 18.2 Å². The number of nitrogens with one attached hydrogen (secondary N) is 1. The van der Waals surface area contributed by atoms with Crippen LogP contribution in [-0.2, 0) is 0 Å². The van der Waals surface area contributed by atoms with Crippen molar-refractivity contribution in [2.24, 2.45) is 5.11 Å². The smallest absolute Gasteiger partial charge is 0.223 e. The van der Waals surface area contributed by atoms with Crippen LogP contribution in [0.3, 0.4) is 0 Å². The molecule has 6 heteroatoms. The third-order valence-corrected chi connectivity index (χ3v) is 2.08. The highest BCUT2D eigenvalue weighted by Gasteiger charge is 2.16. The lowest BCUT2D eigenvalue weighted by Crippen LogP contribution is -2.05. The molecule has 2 aromatic rings. The van der Waals surface area contributed by atoms with Gasteiger partial charge in [0.1, 0.15) is 0 Å². The van der Waals surface area contributed by atoms with Gasteiger partial charge < -0.3 is 16.1 Å². The summed E-state index contributed by atoms with van der Waals surface area (Å²) in [4.78, 5) is 0. The average Bonchev–Trinajstić information content (AvgIpc) is 2.44. The van der Waals surface area contributed by atoms with Crippen molar-refractivity contribution >= 4 is 16.5 Å². The van der Waals surface area contributed by atoms with E-state index in [0.717, 1.165) is 4.68 Å². The predicted octanol–water partition coefficient (Wildman–Crippen LogP) is 1.43. The fourth-order valence-corrected chi connectivity index (χ4v) is 1.41. The Morgan fingerprint density at radius 1 is 1.29 bits per heavy atom. The highest BCUT2D eigenvalue weighted by atomic mass is 16.3. The summed E-state index contributed by atoms with van der Waals surface area (Å²) in [6, 6.07) is 4.76. The molecule has 1 aromatic heterocycles. The van der Waals surface area contributed by atoms with E-state index in [0.29, 0.717) is 5.39 Å². The van der Waals surface area contributed by atoms with Crippen LogP contribution < -0.4 is 5.84 Å². The fraction of sp³-hybridized carbons (Fsp3) is 0. The molecule has 0 bridgehead atoms. The summed E-state index contributed by atoms with van der Waals surface area (Å²) in [5, 5.41) is 22.9. The largest absolute Gasteiger partial charge is 0.493 e. The molecule has 0 amide bonds. The van der Waals surface area contributed by atoms with Crippen molar-refractivity contribution in [3.63, 3.8) is 0 Å². The predicted molar refractivity (Wildman–Crippen MR) is 50.2 cm³/mol. The van der Waals surface area contributed by atoms with Crippen LogP contribution in [0.5, 0.6) is 11.8 Å². The zero-order valence-electron chi connectivity index (χ0n) is 7.10. The van der Waals surface area contributed by atoms with E-state index in [-0.39, 0.29) is 22.8 Å². The zero-order valence-corrected chi connectivity index (χ0v) is 7.10. The molecule has 2 rings (SSSR count). The molecule has 1 aromatic carbocycles. The van der Waals surface area contributed by atoms with Crippen LogP contribution in [0.4, 0.5) is 5.69 Å². The second kappa shape index (κ2) is 2.63. The second-order valence-corrected chi connectivity index (χ2v) is 2.83. The molecule has 0 atom stereocenters. The summed E-state index contributed by atoms with van der Waals surface area (Å²) in [5.74, 6) is 4.80. The Bertz CT molecular complexity index is 518. The van der Waals surface area contributed by atoms with Crippen LogP contribution in [0.15, 0.2) is 23.3 Å². The minimum Gasteiger partial charge on any atom is -0.493 e. The summed E-state index contributed by atoms with van der Waals surface area (Å²) in [7, 11) is 0. The number of aromatic hydroxyl groups is 2. The fourth-order valence-electron chi connectivity index (χ4n) is 1.41. The normalized spacial score (nSPS) is 10.6. The Kier molecular flexibility index (Phi) is 1.57. The number of nitrogens with zero attached hydrogens (tertiary/aromatic N) is 2. The van der Waals surface area contributed by atoms with Crippen LogP contribution >= 0.6 is 0 Å². The van der Waals surface area contributed by atoms with Gasteiger partial charge in [-0.05, 0) is 12.1 Å². The third kappa shape index (κ3) is 0.846. The highest BCUT2D eigenvalue weighted by molar-refractivity contribution is 6.00. The quantitative estimate of drug-likeness (QED) is 0.405. The minimum absolute atomic E-state index is 0.247. The van der Waals surface area contributed by atoms with E-state index >= 15 is 0 Å². The first-order chi connectivity index (χ1) is 6.66. The maximum absolute atomic E-state index is 9.53. The Morgan fingerprint density at radius 3 is 2.64 bits per heavy atom. The molecule has 14 heavy (non-hydrogen) atoms. The van der Waals surface area contributed by atoms with E-state index in [1.807, 2.05) is 0 Å². The van der Waals surface area contributed by atoms with E-state index in [9.17, 15) is 10.2 Å². The first kappa shape index (κ1) is 8.36. The standard InChI is InChI=1S/C8H8N4O2/c9-11-5-3-1-2-4-6(5)8(14)12(10)7(4)13/h1-3,9,13-14H,10H2. The molecule has 72 valence electrons. The minimum atomic E-state index is -0.302. The van der Waals surface area contributed by atoms with Gasteiger partial charge in [-0.15, -0.1) is 0 Å². The van der Waals surface area contributed by atoms with Gasteiger partial charge in [-0.3, -0.25) is 0 Å². The maximum atomic E-state index is 9.53. The van der Waals surface area contributed by atoms with Gasteiger partial charge in [0.05, 0.1) is 16.5 Å². The highest BCUT2D eigenvalue weighted by Crippen LogP contribution is 2.39. The van der Waals surface area contributed by atoms with Crippen LogP contribution in [0, 0.1) is 5.53 Å². The Hall–Kier alpha value is -2.24. The number of nitrogen functional groups attached to an aromatic ring is 1. The van der Waals surface area contributed by atoms with Crippen molar-refractivity contribution in [2.45, 2.75) is 0 Å². The summed E-state index contributed by atoms with van der Waals surface area (Å²) in [5.41, 5.74) is 7.15. The molecule has 0 spiro atoms. The lowest BCUT2D eigenvalue weighted by Gasteiger charge is -1.95. The van der Waals surface area contributed by atoms with Crippen LogP contribution in [0.2, 0.25) is 0 Å². The van der Waals surface area contributed by atoms with Gasteiger partial charge in [0.25, 0.3) is 0 Å². The van der Waals surface area contributed by atoms with Crippen molar-refractivity contribution in [1.29, 1.82) is 5.53 Å². The lowest BCUT2D eigenvalue weighted by molar-refractivity contribution is 0.399. The van der Waals surface area contributed by atoms with Gasteiger partial charge in [-0.1, -0.05) is 6.07 Å². The molecule has 0 aliphatic carbocycles. The molecule has 0 fully saturated rings. The van der Waals surface area contributed by atoms with E-state index in [1.54, 1.807) is 18.2 Å². The van der Waals surface area contributed by atoms with E-state index in [1.165, 1.54) is 0 Å². The summed E-state index contributed by atoms with van der Waals surface area (Å²) in [6.07, 6.45) is 0. The molecule has 0 unspecified atom stereocenters. The first-order valence-electron chi connectivity index (χ1n) is 3.84. The number of nitrogens with two attached hydrogens (primary N) is 1. The lowest BCUT2D eigenvalue weighted by atomic mass is 10.2.